The number of rotatable bonds is 4. The molecular formula is C18H18FNO2S. The monoisotopic (exact) mass is 331 g/mol. The van der Waals surface area contributed by atoms with Crippen LogP contribution in [0.2, 0.25) is 0 Å². The van der Waals surface area contributed by atoms with Crippen molar-refractivity contribution in [1.82, 2.24) is 3.97 Å². The molecule has 0 aliphatic carbocycles. The lowest BCUT2D eigenvalue weighted by Gasteiger charge is -2.12. The van der Waals surface area contributed by atoms with Crippen LogP contribution in [0, 0.1) is 12.7 Å². The molecule has 5 heteroatoms. The second kappa shape index (κ2) is 5.81. The maximum absolute atomic E-state index is 13.5. The van der Waals surface area contributed by atoms with Gasteiger partial charge in [-0.1, -0.05) is 31.0 Å². The highest BCUT2D eigenvalue weighted by Crippen LogP contribution is 2.27. The van der Waals surface area contributed by atoms with E-state index < -0.39 is 10.0 Å². The maximum Gasteiger partial charge on any atom is 0.268 e. The molecule has 0 spiro atoms. The van der Waals surface area contributed by atoms with Gasteiger partial charge in [0.05, 0.1) is 10.4 Å². The summed E-state index contributed by atoms with van der Waals surface area (Å²) in [6.45, 7) is 3.90. The molecule has 0 aliphatic heterocycles. The summed E-state index contributed by atoms with van der Waals surface area (Å²) in [7, 11) is -3.71. The van der Waals surface area contributed by atoms with Gasteiger partial charge < -0.3 is 0 Å². The molecule has 0 fully saturated rings. The first-order valence-corrected chi connectivity index (χ1v) is 8.99. The van der Waals surface area contributed by atoms with Crippen molar-refractivity contribution in [2.75, 3.05) is 0 Å². The highest BCUT2D eigenvalue weighted by atomic mass is 32.2. The topological polar surface area (TPSA) is 39.1 Å². The second-order valence-electron chi connectivity index (χ2n) is 5.67. The predicted octanol–water partition coefficient (Wildman–Crippen LogP) is 4.28. The van der Waals surface area contributed by atoms with Gasteiger partial charge in [-0.25, -0.2) is 16.8 Å². The van der Waals surface area contributed by atoms with Crippen molar-refractivity contribution >= 4 is 20.9 Å². The van der Waals surface area contributed by atoms with Gasteiger partial charge in [0.1, 0.15) is 5.82 Å². The molecule has 3 aromatic rings. The van der Waals surface area contributed by atoms with E-state index in [1.807, 2.05) is 13.8 Å². The fourth-order valence-corrected chi connectivity index (χ4v) is 4.32. The van der Waals surface area contributed by atoms with Crippen LogP contribution in [0.4, 0.5) is 4.39 Å². The summed E-state index contributed by atoms with van der Waals surface area (Å²) in [5.74, 6) is -0.370. The Balaban J connectivity index is 2.28. The van der Waals surface area contributed by atoms with Crippen LogP contribution in [0.15, 0.2) is 53.4 Å². The molecule has 0 saturated heterocycles. The Kier molecular flexibility index (Phi) is 3.98. The summed E-state index contributed by atoms with van der Waals surface area (Å²) in [5.41, 5.74) is 2.18. The number of nitrogens with zero attached hydrogens (tertiary/aromatic N) is 1. The fraction of sp³-hybridized carbons (Fsp3) is 0.222. The fourth-order valence-electron chi connectivity index (χ4n) is 2.75. The highest BCUT2D eigenvalue weighted by molar-refractivity contribution is 7.90. The Morgan fingerprint density at radius 1 is 1.04 bits per heavy atom. The molecule has 1 aromatic heterocycles. The van der Waals surface area contributed by atoms with E-state index in [0.29, 0.717) is 23.0 Å². The van der Waals surface area contributed by atoms with Crippen molar-refractivity contribution in [3.63, 3.8) is 0 Å². The zero-order valence-electron chi connectivity index (χ0n) is 13.1. The Morgan fingerprint density at radius 3 is 2.39 bits per heavy atom. The lowest BCUT2D eigenvalue weighted by molar-refractivity contribution is 0.586. The van der Waals surface area contributed by atoms with Gasteiger partial charge in [0, 0.05) is 11.1 Å². The Labute approximate surface area is 135 Å². The van der Waals surface area contributed by atoms with Gasteiger partial charge in [-0.15, -0.1) is 0 Å². The molecule has 0 unspecified atom stereocenters. The summed E-state index contributed by atoms with van der Waals surface area (Å²) in [5, 5.41) is 0.601. The lowest BCUT2D eigenvalue weighted by Crippen LogP contribution is -2.15. The van der Waals surface area contributed by atoms with Crippen LogP contribution >= 0.6 is 0 Å². The van der Waals surface area contributed by atoms with E-state index in [4.69, 9.17) is 0 Å². The number of benzene rings is 2. The van der Waals surface area contributed by atoms with Crippen molar-refractivity contribution in [3.05, 3.63) is 65.6 Å². The molecule has 1 heterocycles. The zero-order chi connectivity index (χ0) is 16.6. The number of halogens is 1. The molecule has 3 nitrogen and oxygen atoms in total. The van der Waals surface area contributed by atoms with Crippen molar-refractivity contribution in [3.8, 4) is 0 Å². The van der Waals surface area contributed by atoms with Gasteiger partial charge in [-0.2, -0.15) is 0 Å². The minimum atomic E-state index is -3.71. The van der Waals surface area contributed by atoms with Crippen LogP contribution in [0.25, 0.3) is 10.9 Å². The quantitative estimate of drug-likeness (QED) is 0.716. The summed E-state index contributed by atoms with van der Waals surface area (Å²) in [6, 6.07) is 12.7. The maximum atomic E-state index is 13.5. The minimum Gasteiger partial charge on any atom is -0.238 e. The molecule has 2 aromatic carbocycles. The average molecular weight is 331 g/mol. The normalized spacial score (nSPS) is 12.0. The zero-order valence-corrected chi connectivity index (χ0v) is 13.9. The predicted molar refractivity (Wildman–Crippen MR) is 89.7 cm³/mol. The molecule has 0 bridgehead atoms. The standard InChI is InChI=1S/C18H18FNO2S/c1-3-4-16-12-14-11-15(19)7-10-18(14)20(16)23(21,22)17-8-5-13(2)6-9-17/h5-12H,3-4H2,1-2H3. The molecule has 0 amide bonds. The number of fused-ring (bicyclic) bond motifs is 1. The molecular weight excluding hydrogens is 313 g/mol. The molecule has 0 aliphatic rings. The van der Waals surface area contributed by atoms with E-state index in [9.17, 15) is 12.8 Å². The molecule has 0 saturated carbocycles. The Morgan fingerprint density at radius 2 is 1.74 bits per heavy atom. The smallest absolute Gasteiger partial charge is 0.238 e. The largest absolute Gasteiger partial charge is 0.268 e. The number of aromatic nitrogens is 1. The van der Waals surface area contributed by atoms with Crippen LogP contribution in [-0.4, -0.2) is 12.4 Å². The van der Waals surface area contributed by atoms with Gasteiger partial charge in [-0.05, 0) is 49.7 Å². The second-order valence-corrected chi connectivity index (χ2v) is 7.46. The van der Waals surface area contributed by atoms with Crippen LogP contribution < -0.4 is 0 Å². The average Bonchev–Trinajstić information content (AvgIpc) is 2.85. The van der Waals surface area contributed by atoms with E-state index in [0.717, 1.165) is 12.0 Å². The number of hydrogen-bond acceptors (Lipinski definition) is 2. The van der Waals surface area contributed by atoms with Crippen molar-refractivity contribution in [2.45, 2.75) is 31.6 Å². The van der Waals surface area contributed by atoms with Gasteiger partial charge in [0.2, 0.25) is 0 Å². The van der Waals surface area contributed by atoms with Gasteiger partial charge in [0.25, 0.3) is 10.0 Å². The SMILES string of the molecule is CCCc1cc2cc(F)ccc2n1S(=O)(=O)c1ccc(C)cc1. The van der Waals surface area contributed by atoms with Crippen molar-refractivity contribution in [1.29, 1.82) is 0 Å². The van der Waals surface area contributed by atoms with E-state index >= 15 is 0 Å². The summed E-state index contributed by atoms with van der Waals surface area (Å²) in [4.78, 5) is 0.238. The van der Waals surface area contributed by atoms with Crippen LogP contribution in [0.3, 0.4) is 0 Å². The van der Waals surface area contributed by atoms with Crippen LogP contribution in [0.1, 0.15) is 24.6 Å². The van der Waals surface area contributed by atoms with Gasteiger partial charge in [0.15, 0.2) is 0 Å². The molecule has 0 atom stereocenters. The first-order chi connectivity index (χ1) is 10.9. The third kappa shape index (κ3) is 2.77. The van der Waals surface area contributed by atoms with E-state index in [2.05, 4.69) is 0 Å². The Hall–Kier alpha value is -2.14. The van der Waals surface area contributed by atoms with E-state index in [1.54, 1.807) is 30.3 Å². The third-order valence-electron chi connectivity index (χ3n) is 3.86. The number of aryl methyl sites for hydroxylation is 2. The van der Waals surface area contributed by atoms with Crippen LogP contribution in [0.5, 0.6) is 0 Å². The first kappa shape index (κ1) is 15.7. The molecule has 0 N–H and O–H groups in total. The molecule has 120 valence electrons. The highest BCUT2D eigenvalue weighted by Gasteiger charge is 2.22. The Bertz CT molecular complexity index is 957. The third-order valence-corrected chi connectivity index (χ3v) is 5.64. The van der Waals surface area contributed by atoms with Crippen LogP contribution in [-0.2, 0) is 16.4 Å². The van der Waals surface area contributed by atoms with Crippen molar-refractivity contribution in [2.24, 2.45) is 0 Å². The first-order valence-electron chi connectivity index (χ1n) is 7.55. The summed E-state index contributed by atoms with van der Waals surface area (Å²) in [6.07, 6.45) is 1.42. The van der Waals surface area contributed by atoms with Crippen molar-refractivity contribution < 1.29 is 12.8 Å². The van der Waals surface area contributed by atoms with E-state index in [-0.39, 0.29) is 10.7 Å². The minimum absolute atomic E-state index is 0.238. The molecule has 0 radical (unpaired) electrons. The summed E-state index contributed by atoms with van der Waals surface area (Å²) < 4.78 is 41.0. The number of hydrogen-bond donors (Lipinski definition) is 0. The molecule has 3 rings (SSSR count). The lowest BCUT2D eigenvalue weighted by atomic mass is 10.2. The van der Waals surface area contributed by atoms with E-state index in [1.165, 1.54) is 22.2 Å². The van der Waals surface area contributed by atoms with Gasteiger partial charge >= 0.3 is 0 Å². The van der Waals surface area contributed by atoms with Gasteiger partial charge in [-0.3, -0.25) is 0 Å². The molecule has 23 heavy (non-hydrogen) atoms. The summed E-state index contributed by atoms with van der Waals surface area (Å²) >= 11 is 0.